The van der Waals surface area contributed by atoms with E-state index in [4.69, 9.17) is 4.74 Å². The summed E-state index contributed by atoms with van der Waals surface area (Å²) in [5.41, 5.74) is 0.941. The fourth-order valence-corrected chi connectivity index (χ4v) is 3.71. The van der Waals surface area contributed by atoms with Crippen LogP contribution in [0.25, 0.3) is 0 Å². The second-order valence-corrected chi connectivity index (χ2v) is 7.05. The van der Waals surface area contributed by atoms with Crippen LogP contribution in [0.2, 0.25) is 0 Å². The number of benzene rings is 1. The summed E-state index contributed by atoms with van der Waals surface area (Å²) in [4.78, 5) is 29.1. The van der Waals surface area contributed by atoms with E-state index in [2.05, 4.69) is 5.32 Å². The van der Waals surface area contributed by atoms with Crippen molar-refractivity contribution in [3.63, 3.8) is 0 Å². The number of ether oxygens (including phenoxy) is 1. The number of hydrogen-bond donors (Lipinski definition) is 1. The van der Waals surface area contributed by atoms with Crippen molar-refractivity contribution in [2.45, 2.75) is 31.8 Å². The third-order valence-corrected chi connectivity index (χ3v) is 5.24. The minimum absolute atomic E-state index is 0.0662. The SMILES string of the molecule is CC1=C(C(=O)N2CCOCC2)[C@H](c2ccc(F)cc2F)NC(=O)N1C1CC1. The summed E-state index contributed by atoms with van der Waals surface area (Å²) in [7, 11) is 0. The van der Waals surface area contributed by atoms with Crippen LogP contribution < -0.4 is 5.32 Å². The summed E-state index contributed by atoms with van der Waals surface area (Å²) < 4.78 is 33.1. The van der Waals surface area contributed by atoms with Crippen molar-refractivity contribution < 1.29 is 23.1 Å². The zero-order chi connectivity index (χ0) is 19.1. The molecule has 1 saturated carbocycles. The van der Waals surface area contributed by atoms with E-state index in [1.165, 1.54) is 6.07 Å². The number of nitrogens with one attached hydrogen (secondary N) is 1. The predicted molar refractivity (Wildman–Crippen MR) is 92.6 cm³/mol. The van der Waals surface area contributed by atoms with Crippen LogP contribution in [0.5, 0.6) is 0 Å². The van der Waals surface area contributed by atoms with Gasteiger partial charge in [0.15, 0.2) is 0 Å². The number of allylic oxidation sites excluding steroid dienone is 1. The zero-order valence-corrected chi connectivity index (χ0v) is 15.0. The lowest BCUT2D eigenvalue weighted by Gasteiger charge is -2.38. The second-order valence-electron chi connectivity index (χ2n) is 7.05. The van der Waals surface area contributed by atoms with Crippen LogP contribution in [0.3, 0.4) is 0 Å². The van der Waals surface area contributed by atoms with Crippen LogP contribution in [0.1, 0.15) is 31.4 Å². The van der Waals surface area contributed by atoms with Crippen molar-refractivity contribution >= 4 is 11.9 Å². The van der Waals surface area contributed by atoms with Gasteiger partial charge in [-0.1, -0.05) is 6.07 Å². The summed E-state index contributed by atoms with van der Waals surface area (Å²) in [5.74, 6) is -1.75. The van der Waals surface area contributed by atoms with Gasteiger partial charge in [0.2, 0.25) is 0 Å². The summed E-state index contributed by atoms with van der Waals surface area (Å²) in [6.07, 6.45) is 1.75. The van der Waals surface area contributed by atoms with Crippen LogP contribution in [-0.2, 0) is 9.53 Å². The van der Waals surface area contributed by atoms with Crippen molar-refractivity contribution in [3.05, 3.63) is 46.7 Å². The highest BCUT2D eigenvalue weighted by atomic mass is 19.1. The molecule has 2 fully saturated rings. The monoisotopic (exact) mass is 377 g/mol. The molecule has 0 bridgehead atoms. The summed E-state index contributed by atoms with van der Waals surface area (Å²) in [6.45, 7) is 3.47. The number of amides is 3. The van der Waals surface area contributed by atoms with Gasteiger partial charge in [0.1, 0.15) is 11.6 Å². The molecular weight excluding hydrogens is 356 g/mol. The molecule has 6 nitrogen and oxygen atoms in total. The first kappa shape index (κ1) is 17.9. The molecule has 1 atom stereocenters. The molecule has 1 aromatic rings. The zero-order valence-electron chi connectivity index (χ0n) is 15.0. The molecule has 4 rings (SSSR count). The maximum Gasteiger partial charge on any atom is 0.322 e. The molecule has 27 heavy (non-hydrogen) atoms. The van der Waals surface area contributed by atoms with Gasteiger partial charge in [0, 0.05) is 36.5 Å². The van der Waals surface area contributed by atoms with Gasteiger partial charge < -0.3 is 15.0 Å². The molecule has 1 aromatic carbocycles. The maximum atomic E-state index is 14.5. The Morgan fingerprint density at radius 2 is 1.93 bits per heavy atom. The molecule has 144 valence electrons. The van der Waals surface area contributed by atoms with E-state index >= 15 is 0 Å². The number of morpholine rings is 1. The van der Waals surface area contributed by atoms with Crippen molar-refractivity contribution in [2.24, 2.45) is 0 Å². The summed E-state index contributed by atoms with van der Waals surface area (Å²) in [6, 6.07) is 1.93. The van der Waals surface area contributed by atoms with Gasteiger partial charge in [0.25, 0.3) is 5.91 Å². The minimum atomic E-state index is -0.955. The molecule has 1 N–H and O–H groups in total. The Balaban J connectivity index is 1.78. The highest BCUT2D eigenvalue weighted by molar-refractivity contribution is 5.98. The van der Waals surface area contributed by atoms with Crippen molar-refractivity contribution in [3.8, 4) is 0 Å². The highest BCUT2D eigenvalue weighted by Gasteiger charge is 2.43. The normalized spacial score (nSPS) is 23.5. The van der Waals surface area contributed by atoms with Crippen molar-refractivity contribution in [1.29, 1.82) is 0 Å². The van der Waals surface area contributed by atoms with Crippen molar-refractivity contribution in [1.82, 2.24) is 15.1 Å². The molecule has 1 saturated heterocycles. The smallest absolute Gasteiger partial charge is 0.322 e. The second kappa shape index (κ2) is 6.92. The molecule has 2 aliphatic heterocycles. The van der Waals surface area contributed by atoms with Gasteiger partial charge >= 0.3 is 6.03 Å². The van der Waals surface area contributed by atoms with E-state index in [9.17, 15) is 18.4 Å². The van der Waals surface area contributed by atoms with E-state index in [1.54, 1.807) is 16.7 Å². The van der Waals surface area contributed by atoms with Crippen LogP contribution >= 0.6 is 0 Å². The number of halogens is 2. The van der Waals surface area contributed by atoms with Gasteiger partial charge in [0.05, 0.1) is 24.8 Å². The van der Waals surface area contributed by atoms with Crippen LogP contribution in [0.15, 0.2) is 29.5 Å². The fraction of sp³-hybridized carbons (Fsp3) is 0.474. The fourth-order valence-electron chi connectivity index (χ4n) is 3.71. The van der Waals surface area contributed by atoms with E-state index in [0.717, 1.165) is 25.0 Å². The van der Waals surface area contributed by atoms with E-state index in [-0.39, 0.29) is 23.5 Å². The Hall–Kier alpha value is -2.48. The standard InChI is InChI=1S/C19H21F2N3O3/c1-11-16(18(25)23-6-8-27-9-7-23)17(14-5-2-12(20)10-15(14)21)22-19(26)24(11)13-3-4-13/h2,5,10,13,17H,3-4,6-9H2,1H3,(H,22,26)/t17-/m0/s1. The highest BCUT2D eigenvalue weighted by Crippen LogP contribution is 2.38. The van der Waals surface area contributed by atoms with Gasteiger partial charge in [-0.25, -0.2) is 13.6 Å². The Kier molecular flexibility index (Phi) is 4.59. The number of urea groups is 1. The lowest BCUT2D eigenvalue weighted by Crippen LogP contribution is -2.52. The lowest BCUT2D eigenvalue weighted by molar-refractivity contribution is -0.131. The third kappa shape index (κ3) is 3.29. The lowest BCUT2D eigenvalue weighted by atomic mass is 9.93. The number of hydrogen-bond acceptors (Lipinski definition) is 3. The van der Waals surface area contributed by atoms with Gasteiger partial charge in [-0.15, -0.1) is 0 Å². The molecular formula is C19H21F2N3O3. The Labute approximate surface area is 155 Å². The van der Waals surface area contributed by atoms with E-state index in [0.29, 0.717) is 37.6 Å². The Morgan fingerprint density at radius 3 is 2.56 bits per heavy atom. The van der Waals surface area contributed by atoms with Crippen LogP contribution in [0.4, 0.5) is 13.6 Å². The average Bonchev–Trinajstić information content (AvgIpc) is 3.46. The van der Waals surface area contributed by atoms with Gasteiger partial charge in [-0.3, -0.25) is 9.69 Å². The number of nitrogens with zero attached hydrogens (tertiary/aromatic N) is 2. The quantitative estimate of drug-likeness (QED) is 0.880. The number of carbonyl (C=O) groups is 2. The largest absolute Gasteiger partial charge is 0.378 e. The van der Waals surface area contributed by atoms with E-state index < -0.39 is 17.7 Å². The molecule has 3 aliphatic rings. The molecule has 0 spiro atoms. The van der Waals surface area contributed by atoms with Crippen LogP contribution in [0, 0.1) is 11.6 Å². The molecule has 8 heteroatoms. The summed E-state index contributed by atoms with van der Waals surface area (Å²) in [5, 5.41) is 2.75. The molecule has 0 aromatic heterocycles. The molecule has 0 radical (unpaired) electrons. The molecule has 1 aliphatic carbocycles. The van der Waals surface area contributed by atoms with Crippen molar-refractivity contribution in [2.75, 3.05) is 26.3 Å². The first-order chi connectivity index (χ1) is 13.0. The molecule has 3 amide bonds. The third-order valence-electron chi connectivity index (χ3n) is 5.24. The Morgan fingerprint density at radius 1 is 1.22 bits per heavy atom. The minimum Gasteiger partial charge on any atom is -0.378 e. The topological polar surface area (TPSA) is 61.9 Å². The first-order valence-corrected chi connectivity index (χ1v) is 9.10. The number of carbonyl (C=O) groups excluding carboxylic acids is 2. The van der Waals surface area contributed by atoms with Gasteiger partial charge in [-0.2, -0.15) is 0 Å². The molecule has 0 unspecified atom stereocenters. The van der Waals surface area contributed by atoms with Gasteiger partial charge in [-0.05, 0) is 25.8 Å². The predicted octanol–water partition coefficient (Wildman–Crippen LogP) is 2.33. The van der Waals surface area contributed by atoms with Crippen LogP contribution in [-0.4, -0.2) is 54.1 Å². The van der Waals surface area contributed by atoms with E-state index in [1.807, 2.05) is 0 Å². The average molecular weight is 377 g/mol. The maximum absolute atomic E-state index is 14.5. The number of rotatable bonds is 3. The molecule has 2 heterocycles. The summed E-state index contributed by atoms with van der Waals surface area (Å²) >= 11 is 0. The first-order valence-electron chi connectivity index (χ1n) is 9.10. The Bertz CT molecular complexity index is 816.